The number of alkyl halides is 2. The predicted octanol–water partition coefficient (Wildman–Crippen LogP) is 3.21. The van der Waals surface area contributed by atoms with Gasteiger partial charge in [0.05, 0.1) is 5.56 Å². The van der Waals surface area contributed by atoms with Crippen LogP contribution in [0.4, 0.5) is 17.6 Å². The molecular weight excluding hydrogens is 172 g/mol. The Kier molecular flexibility index (Phi) is 2.35. The molecule has 0 unspecified atom stereocenters. The van der Waals surface area contributed by atoms with E-state index in [0.29, 0.717) is 6.07 Å². The maximum atomic E-state index is 12.6. The summed E-state index contributed by atoms with van der Waals surface area (Å²) in [4.78, 5) is 0. The van der Waals surface area contributed by atoms with Gasteiger partial charge in [-0.1, -0.05) is 0 Å². The van der Waals surface area contributed by atoms with Crippen molar-refractivity contribution in [1.82, 2.24) is 0 Å². The van der Waals surface area contributed by atoms with Gasteiger partial charge in [-0.25, -0.2) is 17.6 Å². The van der Waals surface area contributed by atoms with Crippen molar-refractivity contribution in [3.63, 3.8) is 0 Å². The number of aryl methyl sites for hydroxylation is 1. The number of hydrogen-bond donors (Lipinski definition) is 0. The lowest BCUT2D eigenvalue weighted by Crippen LogP contribution is -1.96. The molecule has 0 saturated carbocycles. The third-order valence-corrected chi connectivity index (χ3v) is 1.52. The van der Waals surface area contributed by atoms with Gasteiger partial charge in [-0.3, -0.25) is 0 Å². The molecule has 0 aliphatic rings. The van der Waals surface area contributed by atoms with E-state index in [4.69, 9.17) is 0 Å². The molecule has 0 aromatic heterocycles. The minimum atomic E-state index is -2.90. The van der Waals surface area contributed by atoms with Gasteiger partial charge >= 0.3 is 0 Å². The van der Waals surface area contributed by atoms with Crippen molar-refractivity contribution in [2.75, 3.05) is 0 Å². The summed E-state index contributed by atoms with van der Waals surface area (Å²) in [7, 11) is 0. The predicted molar refractivity (Wildman–Crippen MR) is 36.1 cm³/mol. The number of rotatable bonds is 1. The molecule has 0 nitrogen and oxygen atoms in total. The smallest absolute Gasteiger partial charge is 0.207 e. The summed E-state index contributed by atoms with van der Waals surface area (Å²) >= 11 is 0. The molecule has 0 fully saturated rings. The van der Waals surface area contributed by atoms with E-state index in [-0.39, 0.29) is 5.56 Å². The molecule has 1 aromatic carbocycles. The Labute approximate surface area is 66.8 Å². The highest BCUT2D eigenvalue weighted by Gasteiger charge is 2.16. The minimum absolute atomic E-state index is 0.0671. The van der Waals surface area contributed by atoms with Gasteiger partial charge < -0.3 is 0 Å². The Morgan fingerprint density at radius 1 is 1.17 bits per heavy atom. The quantitative estimate of drug-likeness (QED) is 0.579. The monoisotopic (exact) mass is 178 g/mol. The number of benzene rings is 1. The summed E-state index contributed by atoms with van der Waals surface area (Å²) in [6, 6.07) is 1.33. The van der Waals surface area contributed by atoms with Crippen LogP contribution in [0.2, 0.25) is 0 Å². The zero-order valence-corrected chi connectivity index (χ0v) is 6.24. The molecule has 0 aliphatic heterocycles. The summed E-state index contributed by atoms with van der Waals surface area (Å²) in [5.41, 5.74) is -0.793. The molecular formula is C8H6F4. The largest absolute Gasteiger partial charge is 0.266 e. The van der Waals surface area contributed by atoms with Crippen molar-refractivity contribution in [2.45, 2.75) is 13.3 Å². The van der Waals surface area contributed by atoms with Gasteiger partial charge in [0.15, 0.2) is 0 Å². The molecule has 0 amide bonds. The van der Waals surface area contributed by atoms with Crippen LogP contribution in [0.25, 0.3) is 0 Å². The zero-order valence-electron chi connectivity index (χ0n) is 6.24. The van der Waals surface area contributed by atoms with Gasteiger partial charge in [-0.2, -0.15) is 0 Å². The second-order valence-corrected chi connectivity index (χ2v) is 2.42. The van der Waals surface area contributed by atoms with E-state index < -0.39 is 23.6 Å². The molecule has 0 bridgehead atoms. The third kappa shape index (κ3) is 1.57. The van der Waals surface area contributed by atoms with Crippen LogP contribution in [0.15, 0.2) is 12.1 Å². The standard InChI is InChI=1S/C8H6F4/c1-4-2-5(9)3-6(10)7(4)8(11)12/h2-3,8H,1H3. The first kappa shape index (κ1) is 9.03. The van der Waals surface area contributed by atoms with Gasteiger partial charge in [0.1, 0.15) is 11.6 Å². The van der Waals surface area contributed by atoms with E-state index in [1.807, 2.05) is 0 Å². The highest BCUT2D eigenvalue weighted by Crippen LogP contribution is 2.25. The van der Waals surface area contributed by atoms with E-state index in [0.717, 1.165) is 6.07 Å². The normalized spacial score (nSPS) is 10.8. The van der Waals surface area contributed by atoms with Crippen molar-refractivity contribution >= 4 is 0 Å². The Morgan fingerprint density at radius 2 is 1.75 bits per heavy atom. The van der Waals surface area contributed by atoms with Crippen LogP contribution >= 0.6 is 0 Å². The van der Waals surface area contributed by atoms with Crippen LogP contribution in [0.1, 0.15) is 17.6 Å². The molecule has 1 rings (SSSR count). The van der Waals surface area contributed by atoms with Crippen molar-refractivity contribution in [1.29, 1.82) is 0 Å². The first-order chi connectivity index (χ1) is 5.52. The van der Waals surface area contributed by atoms with E-state index in [1.54, 1.807) is 0 Å². The SMILES string of the molecule is Cc1cc(F)cc(F)c1C(F)F. The molecule has 1 aromatic rings. The van der Waals surface area contributed by atoms with Gasteiger partial charge in [-0.15, -0.1) is 0 Å². The van der Waals surface area contributed by atoms with E-state index >= 15 is 0 Å². The summed E-state index contributed by atoms with van der Waals surface area (Å²) in [6.07, 6.45) is -2.90. The zero-order chi connectivity index (χ0) is 9.30. The molecule has 4 heteroatoms. The van der Waals surface area contributed by atoms with Crippen molar-refractivity contribution in [2.24, 2.45) is 0 Å². The average Bonchev–Trinajstić information content (AvgIpc) is 1.82. The second kappa shape index (κ2) is 3.13. The fourth-order valence-corrected chi connectivity index (χ4v) is 0.990. The van der Waals surface area contributed by atoms with Gasteiger partial charge in [0, 0.05) is 6.07 Å². The Balaban J connectivity index is 3.28. The molecule has 0 N–H and O–H groups in total. The van der Waals surface area contributed by atoms with Crippen molar-refractivity contribution < 1.29 is 17.6 Å². The summed E-state index contributed by atoms with van der Waals surface area (Å²) in [6.45, 7) is 1.24. The molecule has 0 radical (unpaired) electrons. The lowest BCUT2D eigenvalue weighted by molar-refractivity contribution is 0.145. The first-order valence-electron chi connectivity index (χ1n) is 3.26. The lowest BCUT2D eigenvalue weighted by Gasteiger charge is -2.05. The molecule has 0 saturated heterocycles. The fraction of sp³-hybridized carbons (Fsp3) is 0.250. The third-order valence-electron chi connectivity index (χ3n) is 1.52. The van der Waals surface area contributed by atoms with Gasteiger partial charge in [0.25, 0.3) is 6.43 Å². The molecule has 0 heterocycles. The maximum Gasteiger partial charge on any atom is 0.266 e. The summed E-state index contributed by atoms with van der Waals surface area (Å²) in [5.74, 6) is -2.03. The first-order valence-corrected chi connectivity index (χ1v) is 3.26. The Morgan fingerprint density at radius 3 is 2.17 bits per heavy atom. The van der Waals surface area contributed by atoms with Gasteiger partial charge in [-0.05, 0) is 18.6 Å². The van der Waals surface area contributed by atoms with Crippen molar-refractivity contribution in [3.05, 3.63) is 34.9 Å². The maximum absolute atomic E-state index is 12.6. The van der Waals surface area contributed by atoms with Crippen LogP contribution < -0.4 is 0 Å². The van der Waals surface area contributed by atoms with Crippen LogP contribution in [0, 0.1) is 18.6 Å². The minimum Gasteiger partial charge on any atom is -0.207 e. The second-order valence-electron chi connectivity index (χ2n) is 2.42. The Hall–Kier alpha value is -1.06. The molecule has 66 valence electrons. The van der Waals surface area contributed by atoms with E-state index in [2.05, 4.69) is 0 Å². The highest BCUT2D eigenvalue weighted by atomic mass is 19.3. The summed E-state index contributed by atoms with van der Waals surface area (Å²) < 4.78 is 49.1. The van der Waals surface area contributed by atoms with Crippen LogP contribution in [-0.4, -0.2) is 0 Å². The number of hydrogen-bond acceptors (Lipinski definition) is 0. The van der Waals surface area contributed by atoms with Crippen LogP contribution in [0.5, 0.6) is 0 Å². The van der Waals surface area contributed by atoms with Crippen LogP contribution in [-0.2, 0) is 0 Å². The van der Waals surface area contributed by atoms with E-state index in [1.165, 1.54) is 6.92 Å². The topological polar surface area (TPSA) is 0 Å². The lowest BCUT2D eigenvalue weighted by atomic mass is 10.1. The van der Waals surface area contributed by atoms with E-state index in [9.17, 15) is 17.6 Å². The Bertz CT molecular complexity index is 270. The highest BCUT2D eigenvalue weighted by molar-refractivity contribution is 5.29. The van der Waals surface area contributed by atoms with Crippen LogP contribution in [0.3, 0.4) is 0 Å². The average molecular weight is 178 g/mol. The molecule has 12 heavy (non-hydrogen) atoms. The fourth-order valence-electron chi connectivity index (χ4n) is 0.990. The van der Waals surface area contributed by atoms with Gasteiger partial charge in [0.2, 0.25) is 0 Å². The molecule has 0 spiro atoms. The van der Waals surface area contributed by atoms with Crippen molar-refractivity contribution in [3.8, 4) is 0 Å². The number of halogens is 4. The molecule has 0 atom stereocenters. The molecule has 0 aliphatic carbocycles. The summed E-state index contributed by atoms with van der Waals surface area (Å²) in [5, 5.41) is 0.